The maximum atomic E-state index is 6.18. The van der Waals surface area contributed by atoms with Crippen molar-refractivity contribution in [1.29, 1.82) is 0 Å². The molecule has 0 radical (unpaired) electrons. The van der Waals surface area contributed by atoms with Gasteiger partial charge < -0.3 is 5.73 Å². The predicted molar refractivity (Wildman–Crippen MR) is 73.5 cm³/mol. The molecule has 0 saturated carbocycles. The zero-order chi connectivity index (χ0) is 12.3. The molecule has 0 fully saturated rings. The van der Waals surface area contributed by atoms with Crippen LogP contribution >= 0.6 is 11.6 Å². The summed E-state index contributed by atoms with van der Waals surface area (Å²) in [5.74, 6) is 0. The molecule has 3 heteroatoms. The molecule has 17 heavy (non-hydrogen) atoms. The molecule has 2 N–H and O–H groups in total. The smallest absolute Gasteiger partial charge is 0.0894 e. The SMILES string of the molecule is Cc1cc(CCCCN)c2cccc(Cl)c2n1. The Labute approximate surface area is 107 Å². The van der Waals surface area contributed by atoms with Crippen molar-refractivity contribution in [3.63, 3.8) is 0 Å². The van der Waals surface area contributed by atoms with Crippen molar-refractivity contribution >= 4 is 22.5 Å². The third kappa shape index (κ3) is 2.76. The summed E-state index contributed by atoms with van der Waals surface area (Å²) in [6, 6.07) is 8.11. The predicted octanol–water partition coefficient (Wildman–Crippen LogP) is 3.48. The number of aromatic nitrogens is 1. The number of rotatable bonds is 4. The molecule has 0 aliphatic rings. The van der Waals surface area contributed by atoms with Gasteiger partial charge in [-0.05, 0) is 50.4 Å². The molecule has 2 nitrogen and oxygen atoms in total. The van der Waals surface area contributed by atoms with E-state index in [1.807, 2.05) is 19.1 Å². The van der Waals surface area contributed by atoms with E-state index in [2.05, 4.69) is 17.1 Å². The standard InChI is InChI=1S/C14H17ClN2/c1-10-9-11(5-2-3-8-16)12-6-4-7-13(15)14(12)17-10/h4,6-7,9H,2-3,5,8,16H2,1H3. The van der Waals surface area contributed by atoms with Crippen molar-refractivity contribution in [3.8, 4) is 0 Å². The zero-order valence-electron chi connectivity index (χ0n) is 10.0. The highest BCUT2D eigenvalue weighted by atomic mass is 35.5. The van der Waals surface area contributed by atoms with Gasteiger partial charge in [-0.1, -0.05) is 23.7 Å². The fourth-order valence-corrected chi connectivity index (χ4v) is 2.31. The molecule has 0 aliphatic heterocycles. The van der Waals surface area contributed by atoms with E-state index in [1.165, 1.54) is 10.9 Å². The molecule has 0 unspecified atom stereocenters. The van der Waals surface area contributed by atoms with Gasteiger partial charge in [0.1, 0.15) is 0 Å². The number of unbranched alkanes of at least 4 members (excludes halogenated alkanes) is 1. The molecule has 2 rings (SSSR count). The molecular formula is C14H17ClN2. The largest absolute Gasteiger partial charge is 0.330 e. The summed E-state index contributed by atoms with van der Waals surface area (Å²) >= 11 is 6.18. The second-order valence-electron chi connectivity index (χ2n) is 4.30. The third-order valence-corrected chi connectivity index (χ3v) is 3.21. The molecule has 1 aromatic heterocycles. The lowest BCUT2D eigenvalue weighted by atomic mass is 10.0. The van der Waals surface area contributed by atoms with Crippen LogP contribution in [0.25, 0.3) is 10.9 Å². The molecular weight excluding hydrogens is 232 g/mol. The van der Waals surface area contributed by atoms with Gasteiger partial charge in [-0.25, -0.2) is 0 Å². The van der Waals surface area contributed by atoms with E-state index in [4.69, 9.17) is 17.3 Å². The average molecular weight is 249 g/mol. The number of para-hydroxylation sites is 1. The molecule has 1 heterocycles. The van der Waals surface area contributed by atoms with Gasteiger partial charge in [-0.15, -0.1) is 0 Å². The highest BCUT2D eigenvalue weighted by molar-refractivity contribution is 6.35. The number of aryl methyl sites for hydroxylation is 2. The van der Waals surface area contributed by atoms with Gasteiger partial charge in [0.2, 0.25) is 0 Å². The Hall–Kier alpha value is -1.12. The molecule has 90 valence electrons. The van der Waals surface area contributed by atoms with Gasteiger partial charge in [0.05, 0.1) is 10.5 Å². The summed E-state index contributed by atoms with van der Waals surface area (Å²) in [5, 5.41) is 1.89. The van der Waals surface area contributed by atoms with Gasteiger partial charge in [-0.3, -0.25) is 4.98 Å². The molecule has 0 bridgehead atoms. The lowest BCUT2D eigenvalue weighted by Crippen LogP contribution is -2.00. The number of nitrogens with two attached hydrogens (primary N) is 1. The Morgan fingerprint density at radius 3 is 2.88 bits per heavy atom. The summed E-state index contributed by atoms with van der Waals surface area (Å²) in [6.07, 6.45) is 3.21. The van der Waals surface area contributed by atoms with Gasteiger partial charge in [0, 0.05) is 11.1 Å². The summed E-state index contributed by atoms with van der Waals surface area (Å²) in [4.78, 5) is 4.51. The van der Waals surface area contributed by atoms with Crippen LogP contribution in [0.2, 0.25) is 5.02 Å². The Bertz CT molecular complexity index is 523. The first-order valence-corrected chi connectivity index (χ1v) is 6.35. The number of benzene rings is 1. The second-order valence-corrected chi connectivity index (χ2v) is 4.71. The fraction of sp³-hybridized carbons (Fsp3) is 0.357. The molecule has 2 aromatic rings. The average Bonchev–Trinajstić information content (AvgIpc) is 2.31. The van der Waals surface area contributed by atoms with Crippen LogP contribution in [-0.2, 0) is 6.42 Å². The van der Waals surface area contributed by atoms with Gasteiger partial charge in [0.25, 0.3) is 0 Å². The lowest BCUT2D eigenvalue weighted by Gasteiger charge is -2.08. The quantitative estimate of drug-likeness (QED) is 0.842. The monoisotopic (exact) mass is 248 g/mol. The first-order chi connectivity index (χ1) is 8.22. The van der Waals surface area contributed by atoms with Crippen LogP contribution in [0, 0.1) is 6.92 Å². The minimum atomic E-state index is 0.728. The van der Waals surface area contributed by atoms with Crippen molar-refractivity contribution in [2.45, 2.75) is 26.2 Å². The topological polar surface area (TPSA) is 38.9 Å². The van der Waals surface area contributed by atoms with E-state index in [1.54, 1.807) is 0 Å². The molecule has 0 saturated heterocycles. The van der Waals surface area contributed by atoms with E-state index in [0.717, 1.165) is 42.0 Å². The van der Waals surface area contributed by atoms with E-state index in [-0.39, 0.29) is 0 Å². The Morgan fingerprint density at radius 2 is 2.12 bits per heavy atom. The zero-order valence-corrected chi connectivity index (χ0v) is 10.8. The number of hydrogen-bond acceptors (Lipinski definition) is 2. The number of pyridine rings is 1. The highest BCUT2D eigenvalue weighted by Crippen LogP contribution is 2.25. The van der Waals surface area contributed by atoms with E-state index >= 15 is 0 Å². The maximum absolute atomic E-state index is 6.18. The van der Waals surface area contributed by atoms with Crippen LogP contribution < -0.4 is 5.73 Å². The fourth-order valence-electron chi connectivity index (χ4n) is 2.09. The molecule has 1 aromatic carbocycles. The summed E-state index contributed by atoms with van der Waals surface area (Å²) < 4.78 is 0. The number of hydrogen-bond donors (Lipinski definition) is 1. The first kappa shape index (κ1) is 12.3. The van der Waals surface area contributed by atoms with Crippen molar-refractivity contribution in [3.05, 3.63) is 40.5 Å². The normalized spacial score (nSPS) is 11.0. The van der Waals surface area contributed by atoms with Crippen LogP contribution in [0.15, 0.2) is 24.3 Å². The van der Waals surface area contributed by atoms with E-state index < -0.39 is 0 Å². The molecule has 0 amide bonds. The number of fused-ring (bicyclic) bond motifs is 1. The van der Waals surface area contributed by atoms with Crippen LogP contribution in [0.3, 0.4) is 0 Å². The van der Waals surface area contributed by atoms with E-state index in [0.29, 0.717) is 0 Å². The van der Waals surface area contributed by atoms with Crippen molar-refractivity contribution in [2.75, 3.05) is 6.54 Å². The number of halogens is 1. The molecule has 0 aliphatic carbocycles. The number of nitrogens with zero attached hydrogens (tertiary/aromatic N) is 1. The molecule has 0 spiro atoms. The second kappa shape index (κ2) is 5.48. The molecule has 0 atom stereocenters. The lowest BCUT2D eigenvalue weighted by molar-refractivity contribution is 0.746. The van der Waals surface area contributed by atoms with Crippen molar-refractivity contribution in [1.82, 2.24) is 4.98 Å². The maximum Gasteiger partial charge on any atom is 0.0894 e. The summed E-state index contributed by atoms with van der Waals surface area (Å²) in [7, 11) is 0. The van der Waals surface area contributed by atoms with Crippen LogP contribution in [0.4, 0.5) is 0 Å². The first-order valence-electron chi connectivity index (χ1n) is 5.97. The Morgan fingerprint density at radius 1 is 1.29 bits per heavy atom. The summed E-state index contributed by atoms with van der Waals surface area (Å²) in [6.45, 7) is 2.76. The summed E-state index contributed by atoms with van der Waals surface area (Å²) in [5.41, 5.74) is 8.78. The van der Waals surface area contributed by atoms with E-state index in [9.17, 15) is 0 Å². The van der Waals surface area contributed by atoms with Gasteiger partial charge in [0.15, 0.2) is 0 Å². The highest BCUT2D eigenvalue weighted by Gasteiger charge is 2.06. The van der Waals surface area contributed by atoms with Crippen molar-refractivity contribution < 1.29 is 0 Å². The van der Waals surface area contributed by atoms with Gasteiger partial charge in [-0.2, -0.15) is 0 Å². The van der Waals surface area contributed by atoms with Crippen molar-refractivity contribution in [2.24, 2.45) is 5.73 Å². The van der Waals surface area contributed by atoms with Crippen LogP contribution in [-0.4, -0.2) is 11.5 Å². The van der Waals surface area contributed by atoms with Crippen LogP contribution in [0.1, 0.15) is 24.1 Å². The van der Waals surface area contributed by atoms with Gasteiger partial charge >= 0.3 is 0 Å². The Balaban J connectivity index is 2.43. The van der Waals surface area contributed by atoms with Crippen LogP contribution in [0.5, 0.6) is 0 Å². The third-order valence-electron chi connectivity index (χ3n) is 2.90. The Kier molecular flexibility index (Phi) is 3.97. The minimum absolute atomic E-state index is 0.728. The minimum Gasteiger partial charge on any atom is -0.330 e.